The first-order chi connectivity index (χ1) is 12.6. The molecule has 0 aliphatic heterocycles. The molecule has 5 nitrogen and oxygen atoms in total. The third kappa shape index (κ3) is 2.17. The van der Waals surface area contributed by atoms with Crippen LogP contribution in [0.15, 0.2) is 48.4 Å². The van der Waals surface area contributed by atoms with Gasteiger partial charge in [0, 0.05) is 60.0 Å². The molecule has 0 aromatic carbocycles. The molecule has 5 aromatic rings. The Morgan fingerprint density at radius 3 is 2.62 bits per heavy atom. The fourth-order valence-corrected chi connectivity index (χ4v) is 4.19. The second-order valence-electron chi connectivity index (χ2n) is 6.24. The Morgan fingerprint density at radius 2 is 1.77 bits per heavy atom. The van der Waals surface area contributed by atoms with Crippen molar-refractivity contribution >= 4 is 33.4 Å². The first-order valence-corrected chi connectivity index (χ1v) is 8.96. The van der Waals surface area contributed by atoms with E-state index in [0.717, 1.165) is 43.9 Å². The monoisotopic (exact) mass is 363 g/mol. The highest BCUT2D eigenvalue weighted by molar-refractivity contribution is 7.13. The van der Waals surface area contributed by atoms with E-state index in [1.165, 1.54) is 12.3 Å². The molecule has 5 rings (SSSR count). The lowest BCUT2D eigenvalue weighted by atomic mass is 10.2. The predicted molar refractivity (Wildman–Crippen MR) is 101 cm³/mol. The molecular weight excluding hydrogens is 349 g/mol. The molecule has 0 saturated heterocycles. The number of fused-ring (bicyclic) bond motifs is 2. The smallest absolute Gasteiger partial charge is 0.142 e. The van der Waals surface area contributed by atoms with Crippen molar-refractivity contribution in [3.63, 3.8) is 0 Å². The highest BCUT2D eigenvalue weighted by Crippen LogP contribution is 2.36. The summed E-state index contributed by atoms with van der Waals surface area (Å²) in [4.78, 5) is 13.4. The Labute approximate surface area is 152 Å². The van der Waals surface area contributed by atoms with Gasteiger partial charge in [0.1, 0.15) is 22.1 Å². The van der Waals surface area contributed by atoms with Crippen LogP contribution < -0.4 is 0 Å². The van der Waals surface area contributed by atoms with Gasteiger partial charge in [-0.05, 0) is 18.2 Å². The molecule has 0 spiro atoms. The first kappa shape index (κ1) is 15.2. The number of aryl methyl sites for hydroxylation is 2. The number of nitrogens with zero attached hydrogens (tertiary/aromatic N) is 5. The van der Waals surface area contributed by atoms with Crippen LogP contribution in [0, 0.1) is 5.82 Å². The van der Waals surface area contributed by atoms with Gasteiger partial charge >= 0.3 is 0 Å². The third-order valence-electron chi connectivity index (χ3n) is 4.52. The van der Waals surface area contributed by atoms with Crippen molar-refractivity contribution in [1.82, 2.24) is 24.1 Å². The average molecular weight is 363 g/mol. The Morgan fingerprint density at radius 1 is 1.00 bits per heavy atom. The van der Waals surface area contributed by atoms with Gasteiger partial charge in [-0.2, -0.15) is 0 Å². The van der Waals surface area contributed by atoms with Crippen molar-refractivity contribution in [3.05, 3.63) is 54.2 Å². The van der Waals surface area contributed by atoms with Gasteiger partial charge in [-0.1, -0.05) is 0 Å². The summed E-state index contributed by atoms with van der Waals surface area (Å²) in [5.74, 6) is -0.347. The lowest BCUT2D eigenvalue weighted by Crippen LogP contribution is -1.87. The van der Waals surface area contributed by atoms with Crippen molar-refractivity contribution in [3.8, 4) is 21.8 Å². The largest absolute Gasteiger partial charge is 0.335 e. The lowest BCUT2D eigenvalue weighted by Gasteiger charge is -1.95. The predicted octanol–water partition coefficient (Wildman–Crippen LogP) is 4.39. The summed E-state index contributed by atoms with van der Waals surface area (Å²) in [5, 5.41) is 4.76. The summed E-state index contributed by atoms with van der Waals surface area (Å²) in [6.07, 6.45) is 7.02. The number of aromatic nitrogens is 5. The normalized spacial score (nSPS) is 11.7. The maximum absolute atomic E-state index is 13.7. The summed E-state index contributed by atoms with van der Waals surface area (Å²) >= 11 is 1.57. The lowest BCUT2D eigenvalue weighted by molar-refractivity contribution is 0.624. The summed E-state index contributed by atoms with van der Waals surface area (Å²) < 4.78 is 17.6. The van der Waals surface area contributed by atoms with E-state index in [9.17, 15) is 4.39 Å². The van der Waals surface area contributed by atoms with Crippen LogP contribution in [0.5, 0.6) is 0 Å². The molecule has 0 bridgehead atoms. The molecule has 7 heteroatoms. The summed E-state index contributed by atoms with van der Waals surface area (Å²) in [7, 11) is 3.88. The van der Waals surface area contributed by atoms with Crippen LogP contribution in [0.2, 0.25) is 0 Å². The van der Waals surface area contributed by atoms with Crippen LogP contribution in [0.1, 0.15) is 0 Å². The molecule has 26 heavy (non-hydrogen) atoms. The SMILES string of the molecule is Cn1cc(-c2csc(-c3cn(C)c4ncccc34)n2)c2cc(F)cnc21. The van der Waals surface area contributed by atoms with Gasteiger partial charge in [0.25, 0.3) is 0 Å². The van der Waals surface area contributed by atoms with Crippen LogP contribution >= 0.6 is 11.3 Å². The topological polar surface area (TPSA) is 48.5 Å². The van der Waals surface area contributed by atoms with E-state index in [-0.39, 0.29) is 5.82 Å². The number of hydrogen-bond acceptors (Lipinski definition) is 4. The van der Waals surface area contributed by atoms with Crippen molar-refractivity contribution in [2.24, 2.45) is 14.1 Å². The minimum absolute atomic E-state index is 0.347. The van der Waals surface area contributed by atoms with Crippen molar-refractivity contribution in [2.75, 3.05) is 0 Å². The molecule has 0 unspecified atom stereocenters. The van der Waals surface area contributed by atoms with E-state index in [1.807, 2.05) is 47.1 Å². The fraction of sp³-hybridized carbons (Fsp3) is 0.105. The molecule has 0 aliphatic carbocycles. The number of thiazole rings is 1. The van der Waals surface area contributed by atoms with Crippen LogP contribution in [0.25, 0.3) is 43.9 Å². The highest BCUT2D eigenvalue weighted by Gasteiger charge is 2.16. The number of pyridine rings is 2. The molecule has 0 N–H and O–H groups in total. The zero-order chi connectivity index (χ0) is 17.8. The maximum Gasteiger partial charge on any atom is 0.142 e. The van der Waals surface area contributed by atoms with Crippen molar-refractivity contribution < 1.29 is 4.39 Å². The van der Waals surface area contributed by atoms with Crippen molar-refractivity contribution in [2.45, 2.75) is 0 Å². The number of halogens is 1. The second kappa shape index (κ2) is 5.47. The van der Waals surface area contributed by atoms with Crippen LogP contribution in [-0.4, -0.2) is 24.1 Å². The molecule has 0 fully saturated rings. The van der Waals surface area contributed by atoms with Crippen LogP contribution in [0.3, 0.4) is 0 Å². The Balaban J connectivity index is 1.68. The molecule has 5 heterocycles. The second-order valence-corrected chi connectivity index (χ2v) is 7.10. The van der Waals surface area contributed by atoms with E-state index in [1.54, 1.807) is 17.5 Å². The van der Waals surface area contributed by atoms with Crippen molar-refractivity contribution in [1.29, 1.82) is 0 Å². The molecule has 0 atom stereocenters. The van der Waals surface area contributed by atoms with E-state index in [2.05, 4.69) is 16.0 Å². The molecule has 0 amide bonds. The maximum atomic E-state index is 13.7. The summed E-state index contributed by atoms with van der Waals surface area (Å²) in [5.41, 5.74) is 4.43. The highest BCUT2D eigenvalue weighted by atomic mass is 32.1. The van der Waals surface area contributed by atoms with Crippen LogP contribution in [0.4, 0.5) is 4.39 Å². The molecule has 128 valence electrons. The zero-order valence-electron chi connectivity index (χ0n) is 14.1. The minimum Gasteiger partial charge on any atom is -0.335 e. The third-order valence-corrected chi connectivity index (χ3v) is 5.40. The van der Waals surface area contributed by atoms with Gasteiger partial charge < -0.3 is 9.13 Å². The zero-order valence-corrected chi connectivity index (χ0v) is 15.0. The minimum atomic E-state index is -0.347. The van der Waals surface area contributed by atoms with Gasteiger partial charge in [-0.15, -0.1) is 11.3 Å². The van der Waals surface area contributed by atoms with E-state index in [4.69, 9.17) is 4.98 Å². The Hall–Kier alpha value is -3.06. The molecule has 0 aliphatic rings. The Kier molecular flexibility index (Phi) is 3.20. The summed E-state index contributed by atoms with van der Waals surface area (Å²) in [6.45, 7) is 0. The summed E-state index contributed by atoms with van der Waals surface area (Å²) in [6, 6.07) is 5.49. The van der Waals surface area contributed by atoms with E-state index >= 15 is 0 Å². The fourth-order valence-electron chi connectivity index (χ4n) is 3.34. The quantitative estimate of drug-likeness (QED) is 0.467. The first-order valence-electron chi connectivity index (χ1n) is 8.09. The van der Waals surface area contributed by atoms with Gasteiger partial charge in [0.15, 0.2) is 0 Å². The van der Waals surface area contributed by atoms with E-state index in [0.29, 0.717) is 0 Å². The molecular formula is C19H14FN5S. The van der Waals surface area contributed by atoms with Gasteiger partial charge in [-0.25, -0.2) is 19.3 Å². The van der Waals surface area contributed by atoms with Gasteiger partial charge in [-0.3, -0.25) is 0 Å². The molecule has 0 saturated carbocycles. The van der Waals surface area contributed by atoms with E-state index < -0.39 is 0 Å². The molecule has 5 aromatic heterocycles. The number of rotatable bonds is 2. The number of hydrogen-bond donors (Lipinski definition) is 0. The molecule has 0 radical (unpaired) electrons. The Bertz CT molecular complexity index is 1280. The van der Waals surface area contributed by atoms with Gasteiger partial charge in [0.2, 0.25) is 0 Å². The van der Waals surface area contributed by atoms with Gasteiger partial charge in [0.05, 0.1) is 11.9 Å². The average Bonchev–Trinajstić information content (AvgIpc) is 3.32. The van der Waals surface area contributed by atoms with Crippen LogP contribution in [-0.2, 0) is 14.1 Å². The standard InChI is InChI=1S/C19H14FN5S/c1-24-8-14(13-6-11(20)7-22-18(13)24)16-10-26-19(23-16)15-9-25(2)17-12(15)4-3-5-21-17/h3-10H,1-2H3.